The van der Waals surface area contributed by atoms with Gasteiger partial charge in [0, 0.05) is 18.9 Å². The number of likely N-dealkylation sites (tertiary alicyclic amines) is 1. The van der Waals surface area contributed by atoms with Gasteiger partial charge in [-0.25, -0.2) is 4.39 Å². The van der Waals surface area contributed by atoms with E-state index in [1.807, 2.05) is 7.05 Å². The fourth-order valence-corrected chi connectivity index (χ4v) is 4.49. The molecule has 35 heavy (non-hydrogen) atoms. The van der Waals surface area contributed by atoms with E-state index >= 15 is 0 Å². The van der Waals surface area contributed by atoms with Crippen LogP contribution in [0.5, 0.6) is 0 Å². The van der Waals surface area contributed by atoms with Crippen molar-refractivity contribution < 1.29 is 35.5 Å². The van der Waals surface area contributed by atoms with Gasteiger partial charge in [-0.2, -0.15) is 26.3 Å². The van der Waals surface area contributed by atoms with Crippen molar-refractivity contribution in [1.82, 2.24) is 9.80 Å². The topological polar surface area (TPSA) is 23.6 Å². The highest BCUT2D eigenvalue weighted by Crippen LogP contribution is 2.41. The SMILES string of the molecule is C[C@@H](c1cc(C(F)(F)F)cc(C(F)(F)F)c1)N(C)C(=O)CC1(c2ccc(F)cc2)CCN(C)CC1. The Hall–Kier alpha value is -2.62. The molecule has 1 aliphatic rings. The van der Waals surface area contributed by atoms with Crippen molar-refractivity contribution in [2.24, 2.45) is 0 Å². The number of carbonyl (C=O) groups is 1. The van der Waals surface area contributed by atoms with Gasteiger partial charge >= 0.3 is 12.4 Å². The highest BCUT2D eigenvalue weighted by molar-refractivity contribution is 5.78. The van der Waals surface area contributed by atoms with Crippen molar-refractivity contribution in [3.8, 4) is 0 Å². The molecule has 0 N–H and O–H groups in total. The molecule has 1 atom stereocenters. The molecule has 1 amide bonds. The van der Waals surface area contributed by atoms with Gasteiger partial charge in [0.2, 0.25) is 5.91 Å². The molecule has 0 saturated carbocycles. The summed E-state index contributed by atoms with van der Waals surface area (Å²) < 4.78 is 93.2. The second-order valence-corrected chi connectivity index (χ2v) is 9.29. The molecule has 2 aromatic rings. The molecule has 10 heteroatoms. The fourth-order valence-electron chi connectivity index (χ4n) is 4.49. The third-order valence-corrected chi connectivity index (χ3v) is 6.96. The van der Waals surface area contributed by atoms with E-state index in [4.69, 9.17) is 0 Å². The van der Waals surface area contributed by atoms with Crippen molar-refractivity contribution >= 4 is 5.91 Å². The quantitative estimate of drug-likeness (QED) is 0.438. The van der Waals surface area contributed by atoms with E-state index in [0.717, 1.165) is 5.56 Å². The van der Waals surface area contributed by atoms with E-state index in [1.54, 1.807) is 12.1 Å². The summed E-state index contributed by atoms with van der Waals surface area (Å²) >= 11 is 0. The number of halogens is 7. The Kier molecular flexibility index (Phi) is 7.55. The van der Waals surface area contributed by atoms with Gasteiger partial charge in [0.25, 0.3) is 0 Å². The van der Waals surface area contributed by atoms with Crippen molar-refractivity contribution in [3.05, 3.63) is 70.5 Å². The van der Waals surface area contributed by atoms with Crippen LogP contribution in [0.1, 0.15) is 54.5 Å². The van der Waals surface area contributed by atoms with E-state index in [1.165, 1.54) is 31.0 Å². The number of alkyl halides is 6. The number of rotatable bonds is 5. The molecule has 1 aliphatic heterocycles. The Balaban J connectivity index is 1.91. The molecular weight excluding hydrogens is 477 g/mol. The molecule has 0 unspecified atom stereocenters. The normalized spacial score (nSPS) is 17.8. The number of hydrogen-bond acceptors (Lipinski definition) is 2. The van der Waals surface area contributed by atoms with Gasteiger partial charge in [0.05, 0.1) is 17.2 Å². The van der Waals surface area contributed by atoms with Crippen LogP contribution in [0.15, 0.2) is 42.5 Å². The van der Waals surface area contributed by atoms with Crippen molar-refractivity contribution in [2.75, 3.05) is 27.2 Å². The second-order valence-electron chi connectivity index (χ2n) is 9.29. The van der Waals surface area contributed by atoms with E-state index in [-0.39, 0.29) is 18.1 Å². The first-order chi connectivity index (χ1) is 16.1. The molecule has 0 aromatic heterocycles. The van der Waals surface area contributed by atoms with Crippen LogP contribution in [-0.2, 0) is 22.6 Å². The van der Waals surface area contributed by atoms with Crippen LogP contribution in [0.4, 0.5) is 30.7 Å². The summed E-state index contributed by atoms with van der Waals surface area (Å²) in [6.07, 6.45) is -8.74. The molecule has 0 spiro atoms. The van der Waals surface area contributed by atoms with E-state index < -0.39 is 46.7 Å². The maximum absolute atomic E-state index is 13.5. The highest BCUT2D eigenvalue weighted by Gasteiger charge is 2.40. The molecule has 0 radical (unpaired) electrons. The molecule has 1 fully saturated rings. The molecule has 1 saturated heterocycles. The average molecular weight is 504 g/mol. The lowest BCUT2D eigenvalue weighted by Gasteiger charge is -2.42. The summed E-state index contributed by atoms with van der Waals surface area (Å²) in [5.74, 6) is -0.837. The van der Waals surface area contributed by atoms with E-state index in [2.05, 4.69) is 4.90 Å². The summed E-state index contributed by atoms with van der Waals surface area (Å²) in [5.41, 5.74) is -2.95. The van der Waals surface area contributed by atoms with E-state index in [0.29, 0.717) is 38.1 Å². The summed E-state index contributed by atoms with van der Waals surface area (Å²) in [4.78, 5) is 16.6. The zero-order chi connectivity index (χ0) is 26.2. The lowest BCUT2D eigenvalue weighted by atomic mass is 9.70. The fraction of sp³-hybridized carbons (Fsp3) is 0.480. The van der Waals surface area contributed by atoms with Crippen LogP contribution in [0.3, 0.4) is 0 Å². The van der Waals surface area contributed by atoms with Gasteiger partial charge in [-0.1, -0.05) is 12.1 Å². The van der Waals surface area contributed by atoms with Crippen molar-refractivity contribution in [1.29, 1.82) is 0 Å². The minimum Gasteiger partial charge on any atom is -0.339 e. The van der Waals surface area contributed by atoms with Crippen molar-refractivity contribution in [3.63, 3.8) is 0 Å². The summed E-state index contributed by atoms with van der Waals surface area (Å²) in [5, 5.41) is 0. The average Bonchev–Trinajstić information content (AvgIpc) is 2.78. The second kappa shape index (κ2) is 9.79. The number of piperidine rings is 1. The number of carbonyl (C=O) groups excluding carboxylic acids is 1. The Morgan fingerprint density at radius 3 is 1.91 bits per heavy atom. The standard InChI is InChI=1S/C25H27F7N2O/c1-16(17-12-19(24(27,28)29)14-20(13-17)25(30,31)32)34(3)22(35)15-23(8-10-33(2)11-9-23)18-4-6-21(26)7-5-18/h4-7,12-14,16H,8-11,15H2,1-3H3/t16-/m0/s1. The molecule has 2 aromatic carbocycles. The molecule has 0 bridgehead atoms. The smallest absolute Gasteiger partial charge is 0.339 e. The maximum Gasteiger partial charge on any atom is 0.416 e. The van der Waals surface area contributed by atoms with Crippen LogP contribution >= 0.6 is 0 Å². The van der Waals surface area contributed by atoms with Crippen LogP contribution < -0.4 is 0 Å². The van der Waals surface area contributed by atoms with Gasteiger partial charge in [-0.15, -0.1) is 0 Å². The third kappa shape index (κ3) is 6.15. The van der Waals surface area contributed by atoms with Crippen LogP contribution in [0.2, 0.25) is 0 Å². The highest BCUT2D eigenvalue weighted by atomic mass is 19.4. The third-order valence-electron chi connectivity index (χ3n) is 6.96. The predicted molar refractivity (Wildman–Crippen MR) is 117 cm³/mol. The molecular formula is C25H27F7N2O. The predicted octanol–water partition coefficient (Wildman–Crippen LogP) is 6.44. The minimum atomic E-state index is -4.97. The Labute approximate surface area is 199 Å². The van der Waals surface area contributed by atoms with Crippen LogP contribution in [0, 0.1) is 5.82 Å². The summed E-state index contributed by atoms with van der Waals surface area (Å²) in [6, 6.07) is 6.20. The number of nitrogens with zero attached hydrogens (tertiary/aromatic N) is 2. The first-order valence-corrected chi connectivity index (χ1v) is 11.1. The molecule has 3 nitrogen and oxygen atoms in total. The summed E-state index contributed by atoms with van der Waals surface area (Å²) in [6.45, 7) is 2.77. The number of amides is 1. The van der Waals surface area contributed by atoms with Crippen LogP contribution in [-0.4, -0.2) is 42.9 Å². The van der Waals surface area contributed by atoms with Gasteiger partial charge in [0.15, 0.2) is 0 Å². The first-order valence-electron chi connectivity index (χ1n) is 11.1. The molecule has 192 valence electrons. The number of hydrogen-bond donors (Lipinski definition) is 0. The lowest BCUT2D eigenvalue weighted by molar-refractivity contribution is -0.143. The Morgan fingerprint density at radius 1 is 0.971 bits per heavy atom. The Bertz CT molecular complexity index is 1010. The summed E-state index contributed by atoms with van der Waals surface area (Å²) in [7, 11) is 3.31. The van der Waals surface area contributed by atoms with Crippen molar-refractivity contribution in [2.45, 2.75) is 50.0 Å². The maximum atomic E-state index is 13.5. The van der Waals surface area contributed by atoms with Gasteiger partial charge in [0.1, 0.15) is 5.82 Å². The first kappa shape index (κ1) is 27.0. The zero-order valence-corrected chi connectivity index (χ0v) is 19.6. The van der Waals surface area contributed by atoms with Crippen LogP contribution in [0.25, 0.3) is 0 Å². The number of benzene rings is 2. The molecule has 3 rings (SSSR count). The monoisotopic (exact) mass is 504 g/mol. The van der Waals surface area contributed by atoms with E-state index in [9.17, 15) is 35.5 Å². The van der Waals surface area contributed by atoms with Gasteiger partial charge in [-0.3, -0.25) is 4.79 Å². The lowest BCUT2D eigenvalue weighted by Crippen LogP contribution is -2.44. The zero-order valence-electron chi connectivity index (χ0n) is 19.6. The largest absolute Gasteiger partial charge is 0.416 e. The van der Waals surface area contributed by atoms with Gasteiger partial charge in [-0.05, 0) is 81.4 Å². The molecule has 0 aliphatic carbocycles. The minimum absolute atomic E-state index is 0.00159. The molecule has 1 heterocycles. The Morgan fingerprint density at radius 2 is 1.46 bits per heavy atom. The van der Waals surface area contributed by atoms with Gasteiger partial charge < -0.3 is 9.80 Å².